The molecule has 1 saturated heterocycles. The second kappa shape index (κ2) is 6.15. The number of rotatable bonds is 2. The molecule has 0 spiro atoms. The van der Waals surface area contributed by atoms with E-state index in [1.54, 1.807) is 0 Å². The third kappa shape index (κ3) is 3.52. The third-order valence-corrected chi connectivity index (χ3v) is 5.25. The molecular formula is C15H25F3N2O. The zero-order valence-electron chi connectivity index (χ0n) is 12.6. The van der Waals surface area contributed by atoms with Gasteiger partial charge in [0.1, 0.15) is 0 Å². The van der Waals surface area contributed by atoms with E-state index in [9.17, 15) is 18.0 Å². The van der Waals surface area contributed by atoms with Crippen LogP contribution in [-0.2, 0) is 4.79 Å². The molecule has 2 aliphatic rings. The Hall–Kier alpha value is -0.780. The molecule has 0 bridgehead atoms. The highest BCUT2D eigenvalue weighted by atomic mass is 19.4. The monoisotopic (exact) mass is 306 g/mol. The quantitative estimate of drug-likeness (QED) is 0.852. The van der Waals surface area contributed by atoms with Gasteiger partial charge in [0, 0.05) is 19.6 Å². The average molecular weight is 306 g/mol. The number of nitrogens with zero attached hydrogens (tertiary/aromatic N) is 1. The van der Waals surface area contributed by atoms with Crippen LogP contribution in [0.5, 0.6) is 0 Å². The summed E-state index contributed by atoms with van der Waals surface area (Å²) in [6.45, 7) is 2.62. The molecule has 1 atom stereocenters. The van der Waals surface area contributed by atoms with E-state index in [1.807, 2.05) is 0 Å². The maximum Gasteiger partial charge on any atom is 0.393 e. The van der Waals surface area contributed by atoms with Crippen molar-refractivity contribution in [3.63, 3.8) is 0 Å². The number of likely N-dealkylation sites (tertiary alicyclic amines) is 1. The summed E-state index contributed by atoms with van der Waals surface area (Å²) >= 11 is 0. The summed E-state index contributed by atoms with van der Waals surface area (Å²) in [6, 6.07) is 0. The number of alkyl halides is 3. The van der Waals surface area contributed by atoms with E-state index in [1.165, 1.54) is 4.90 Å². The van der Waals surface area contributed by atoms with Gasteiger partial charge in [0.2, 0.25) is 5.91 Å². The first kappa shape index (κ1) is 16.6. The fourth-order valence-electron chi connectivity index (χ4n) is 3.58. The number of hydrogen-bond donors (Lipinski definition) is 1. The molecule has 0 aromatic rings. The summed E-state index contributed by atoms with van der Waals surface area (Å²) in [6.07, 6.45) is -0.394. The number of amides is 1. The van der Waals surface area contributed by atoms with Crippen LogP contribution >= 0.6 is 0 Å². The van der Waals surface area contributed by atoms with Crippen LogP contribution in [-0.4, -0.2) is 36.6 Å². The van der Waals surface area contributed by atoms with Gasteiger partial charge in [0.15, 0.2) is 0 Å². The summed E-state index contributed by atoms with van der Waals surface area (Å²) in [7, 11) is 0. The first-order chi connectivity index (χ1) is 9.78. The van der Waals surface area contributed by atoms with Gasteiger partial charge in [-0.25, -0.2) is 0 Å². The first-order valence-corrected chi connectivity index (χ1v) is 7.85. The van der Waals surface area contributed by atoms with Crippen molar-refractivity contribution in [2.45, 2.75) is 51.6 Å². The number of hydrogen-bond acceptors (Lipinski definition) is 2. The highest BCUT2D eigenvalue weighted by Crippen LogP contribution is 2.41. The molecule has 1 unspecified atom stereocenters. The number of carbonyl (C=O) groups is 1. The van der Waals surface area contributed by atoms with Gasteiger partial charge in [-0.05, 0) is 44.4 Å². The van der Waals surface area contributed by atoms with Gasteiger partial charge in [-0.15, -0.1) is 0 Å². The average Bonchev–Trinajstić information content (AvgIpc) is 2.47. The lowest BCUT2D eigenvalue weighted by Gasteiger charge is -2.43. The zero-order chi connectivity index (χ0) is 15.7. The van der Waals surface area contributed by atoms with E-state index >= 15 is 0 Å². The molecule has 1 saturated carbocycles. The Morgan fingerprint density at radius 1 is 1.29 bits per heavy atom. The summed E-state index contributed by atoms with van der Waals surface area (Å²) in [4.78, 5) is 14.2. The van der Waals surface area contributed by atoms with Crippen molar-refractivity contribution in [1.82, 2.24) is 4.90 Å². The van der Waals surface area contributed by atoms with E-state index in [0.717, 1.165) is 12.8 Å². The van der Waals surface area contributed by atoms with E-state index < -0.39 is 17.5 Å². The molecule has 1 aliphatic carbocycles. The first-order valence-electron chi connectivity index (χ1n) is 7.85. The Morgan fingerprint density at radius 2 is 1.90 bits per heavy atom. The van der Waals surface area contributed by atoms with Gasteiger partial charge >= 0.3 is 6.18 Å². The van der Waals surface area contributed by atoms with Gasteiger partial charge in [-0.3, -0.25) is 4.79 Å². The third-order valence-electron chi connectivity index (χ3n) is 5.25. The Balaban J connectivity index is 2.07. The smallest absolute Gasteiger partial charge is 0.342 e. The standard InChI is InChI=1S/C15H25F3N2O/c1-11-4-6-14(10-19,7-5-11)13(21)20-8-2-3-12(9-20)15(16,17)18/h11-12H,2-10,19H2,1H3. The van der Waals surface area contributed by atoms with Crippen LogP contribution in [0, 0.1) is 17.3 Å². The number of piperidine rings is 1. The zero-order valence-corrected chi connectivity index (χ0v) is 12.6. The second-order valence-electron chi connectivity index (χ2n) is 6.80. The predicted molar refractivity (Wildman–Crippen MR) is 74.5 cm³/mol. The summed E-state index contributed by atoms with van der Waals surface area (Å²) < 4.78 is 38.7. The summed E-state index contributed by atoms with van der Waals surface area (Å²) in [5.41, 5.74) is 5.22. The fourth-order valence-corrected chi connectivity index (χ4v) is 3.58. The lowest BCUT2D eigenvalue weighted by Crippen LogP contribution is -2.53. The number of nitrogens with two attached hydrogens (primary N) is 1. The van der Waals surface area contributed by atoms with Gasteiger partial charge in [-0.1, -0.05) is 6.92 Å². The minimum atomic E-state index is -4.21. The molecule has 1 heterocycles. The van der Waals surface area contributed by atoms with Gasteiger partial charge < -0.3 is 10.6 Å². The maximum atomic E-state index is 12.9. The Kier molecular flexibility index (Phi) is 4.85. The molecular weight excluding hydrogens is 281 g/mol. The lowest BCUT2D eigenvalue weighted by molar-refractivity contribution is -0.190. The van der Waals surface area contributed by atoms with Crippen molar-refractivity contribution in [2.75, 3.05) is 19.6 Å². The highest BCUT2D eigenvalue weighted by molar-refractivity contribution is 5.83. The van der Waals surface area contributed by atoms with Crippen molar-refractivity contribution in [2.24, 2.45) is 23.0 Å². The van der Waals surface area contributed by atoms with E-state index in [2.05, 4.69) is 6.92 Å². The van der Waals surface area contributed by atoms with Gasteiger partial charge in [0.05, 0.1) is 11.3 Å². The normalized spacial score (nSPS) is 34.8. The summed E-state index contributed by atoms with van der Waals surface area (Å²) in [5, 5.41) is 0. The topological polar surface area (TPSA) is 46.3 Å². The second-order valence-corrected chi connectivity index (χ2v) is 6.80. The molecule has 2 rings (SSSR count). The van der Waals surface area contributed by atoms with Crippen molar-refractivity contribution >= 4 is 5.91 Å². The van der Waals surface area contributed by atoms with Gasteiger partial charge in [0.25, 0.3) is 0 Å². The lowest BCUT2D eigenvalue weighted by atomic mass is 9.69. The number of carbonyl (C=O) groups excluding carboxylic acids is 1. The fraction of sp³-hybridized carbons (Fsp3) is 0.933. The predicted octanol–water partition coefficient (Wildman–Crippen LogP) is 2.94. The van der Waals surface area contributed by atoms with Crippen molar-refractivity contribution < 1.29 is 18.0 Å². The van der Waals surface area contributed by atoms with E-state index in [4.69, 9.17) is 5.73 Å². The van der Waals surface area contributed by atoms with Crippen LogP contribution in [0.1, 0.15) is 45.4 Å². The van der Waals surface area contributed by atoms with E-state index in [-0.39, 0.29) is 25.4 Å². The van der Waals surface area contributed by atoms with Gasteiger partial charge in [-0.2, -0.15) is 13.2 Å². The maximum absolute atomic E-state index is 12.9. The highest BCUT2D eigenvalue weighted by Gasteiger charge is 2.47. The van der Waals surface area contributed by atoms with Crippen LogP contribution in [0.25, 0.3) is 0 Å². The molecule has 6 heteroatoms. The Labute approximate surface area is 124 Å². The molecule has 3 nitrogen and oxygen atoms in total. The van der Waals surface area contributed by atoms with Crippen molar-refractivity contribution in [3.05, 3.63) is 0 Å². The molecule has 1 aliphatic heterocycles. The van der Waals surface area contributed by atoms with Crippen LogP contribution in [0.15, 0.2) is 0 Å². The number of halogens is 3. The minimum Gasteiger partial charge on any atom is -0.342 e. The molecule has 1 amide bonds. The molecule has 0 aromatic heterocycles. The van der Waals surface area contributed by atoms with Crippen molar-refractivity contribution in [3.8, 4) is 0 Å². The van der Waals surface area contributed by atoms with Crippen LogP contribution in [0.3, 0.4) is 0 Å². The van der Waals surface area contributed by atoms with Crippen LogP contribution in [0.4, 0.5) is 13.2 Å². The van der Waals surface area contributed by atoms with Crippen LogP contribution < -0.4 is 5.73 Å². The molecule has 0 radical (unpaired) electrons. The largest absolute Gasteiger partial charge is 0.393 e. The molecule has 2 N–H and O–H groups in total. The molecule has 122 valence electrons. The molecule has 0 aromatic carbocycles. The van der Waals surface area contributed by atoms with Crippen LogP contribution in [0.2, 0.25) is 0 Å². The Morgan fingerprint density at radius 3 is 2.43 bits per heavy atom. The van der Waals surface area contributed by atoms with Crippen molar-refractivity contribution in [1.29, 1.82) is 0 Å². The summed E-state index contributed by atoms with van der Waals surface area (Å²) in [5.74, 6) is -0.958. The molecule has 21 heavy (non-hydrogen) atoms. The van der Waals surface area contributed by atoms with E-state index in [0.29, 0.717) is 31.7 Å². The SMILES string of the molecule is CC1CCC(CN)(C(=O)N2CCCC(C(F)(F)F)C2)CC1. The minimum absolute atomic E-state index is 0.125. The molecule has 2 fully saturated rings. The Bertz CT molecular complexity index is 376.